The summed E-state index contributed by atoms with van der Waals surface area (Å²) >= 11 is 0. The summed E-state index contributed by atoms with van der Waals surface area (Å²) in [5.74, 6) is 0. The molecule has 1 atom stereocenters. The van der Waals surface area contributed by atoms with Crippen molar-refractivity contribution in [3.8, 4) is 11.1 Å². The van der Waals surface area contributed by atoms with Crippen LogP contribution in [0.15, 0.2) is 35.6 Å². The fourth-order valence-electron chi connectivity index (χ4n) is 3.42. The monoisotopic (exact) mass is 292 g/mol. The normalized spacial score (nSPS) is 19.6. The van der Waals surface area contributed by atoms with Crippen molar-refractivity contribution in [1.29, 1.82) is 0 Å². The van der Waals surface area contributed by atoms with Gasteiger partial charge < -0.3 is 5.32 Å². The molecule has 4 rings (SSSR count). The number of hydrogen-bond donors (Lipinski definition) is 1. The maximum atomic E-state index is 4.49. The molecule has 4 nitrogen and oxygen atoms in total. The highest BCUT2D eigenvalue weighted by atomic mass is 15.2. The molecule has 0 spiro atoms. The molecule has 0 bridgehead atoms. The molecule has 1 unspecified atom stereocenters. The van der Waals surface area contributed by atoms with E-state index in [1.165, 1.54) is 32.8 Å². The summed E-state index contributed by atoms with van der Waals surface area (Å²) in [6.45, 7) is 3.02. The van der Waals surface area contributed by atoms with Gasteiger partial charge in [-0.1, -0.05) is 19.1 Å². The SMILES string of the molecule is CCC1=c2ccc(-c3cnn(C)c3)cc2=C2CN=CCC2N1. The predicted octanol–water partition coefficient (Wildman–Crippen LogP) is 1.20. The summed E-state index contributed by atoms with van der Waals surface area (Å²) in [5.41, 5.74) is 5.15. The van der Waals surface area contributed by atoms with E-state index in [0.29, 0.717) is 6.04 Å². The number of benzene rings is 1. The van der Waals surface area contributed by atoms with Crippen LogP contribution in [0.1, 0.15) is 19.8 Å². The van der Waals surface area contributed by atoms with E-state index >= 15 is 0 Å². The smallest absolute Gasteiger partial charge is 0.0624 e. The molecule has 0 fully saturated rings. The molecule has 1 N–H and O–H groups in total. The summed E-state index contributed by atoms with van der Waals surface area (Å²) in [6, 6.07) is 7.15. The van der Waals surface area contributed by atoms with E-state index in [1.54, 1.807) is 0 Å². The molecule has 0 saturated carbocycles. The van der Waals surface area contributed by atoms with Crippen LogP contribution >= 0.6 is 0 Å². The Hall–Kier alpha value is -2.36. The van der Waals surface area contributed by atoms with Crippen molar-refractivity contribution >= 4 is 17.5 Å². The van der Waals surface area contributed by atoms with Crippen LogP contribution in [0.4, 0.5) is 0 Å². The number of aliphatic imine (C=N–C) groups is 1. The van der Waals surface area contributed by atoms with Gasteiger partial charge in [-0.15, -0.1) is 0 Å². The summed E-state index contributed by atoms with van der Waals surface area (Å²) in [4.78, 5) is 4.49. The lowest BCUT2D eigenvalue weighted by Crippen LogP contribution is -2.47. The molecule has 4 heteroatoms. The Morgan fingerprint density at radius 3 is 2.95 bits per heavy atom. The first-order chi connectivity index (χ1) is 10.8. The fraction of sp³-hybridized carbons (Fsp3) is 0.333. The zero-order valence-corrected chi connectivity index (χ0v) is 13.0. The van der Waals surface area contributed by atoms with Crippen molar-refractivity contribution in [2.45, 2.75) is 25.8 Å². The van der Waals surface area contributed by atoms with Gasteiger partial charge in [0.05, 0.1) is 18.8 Å². The number of aromatic nitrogens is 2. The van der Waals surface area contributed by atoms with E-state index < -0.39 is 0 Å². The molecule has 0 aliphatic carbocycles. The Balaban J connectivity index is 1.98. The lowest BCUT2D eigenvalue weighted by Gasteiger charge is -2.29. The lowest BCUT2D eigenvalue weighted by atomic mass is 9.92. The van der Waals surface area contributed by atoms with Crippen molar-refractivity contribution in [3.05, 3.63) is 41.0 Å². The molecule has 3 heterocycles. The molecule has 0 radical (unpaired) electrons. The maximum absolute atomic E-state index is 4.49. The Labute approximate surface area is 129 Å². The second-order valence-electron chi connectivity index (χ2n) is 5.98. The van der Waals surface area contributed by atoms with Crippen molar-refractivity contribution in [1.82, 2.24) is 15.1 Å². The van der Waals surface area contributed by atoms with Crippen molar-refractivity contribution < 1.29 is 0 Å². The molecule has 1 aromatic carbocycles. The molecular weight excluding hydrogens is 272 g/mol. The molecule has 2 aliphatic heterocycles. The Bertz CT molecular complexity index is 873. The van der Waals surface area contributed by atoms with Crippen LogP contribution in [-0.2, 0) is 7.05 Å². The number of rotatable bonds is 2. The van der Waals surface area contributed by atoms with Gasteiger partial charge in [-0.05, 0) is 28.8 Å². The zero-order chi connectivity index (χ0) is 15.1. The van der Waals surface area contributed by atoms with Gasteiger partial charge in [0.2, 0.25) is 0 Å². The van der Waals surface area contributed by atoms with Gasteiger partial charge in [-0.3, -0.25) is 9.67 Å². The van der Waals surface area contributed by atoms with Crippen LogP contribution in [0.25, 0.3) is 22.4 Å². The fourth-order valence-corrected chi connectivity index (χ4v) is 3.42. The van der Waals surface area contributed by atoms with Crippen molar-refractivity contribution in [2.24, 2.45) is 12.0 Å². The van der Waals surface area contributed by atoms with Gasteiger partial charge in [0.15, 0.2) is 0 Å². The molecule has 2 aliphatic rings. The molecule has 1 aromatic heterocycles. The summed E-state index contributed by atoms with van der Waals surface area (Å²) in [6.07, 6.45) is 8.04. The number of fused-ring (bicyclic) bond motifs is 2. The van der Waals surface area contributed by atoms with Gasteiger partial charge in [-0.25, -0.2) is 0 Å². The Morgan fingerprint density at radius 1 is 1.27 bits per heavy atom. The minimum atomic E-state index is 0.407. The predicted molar refractivity (Wildman–Crippen MR) is 89.9 cm³/mol. The molecule has 0 amide bonds. The lowest BCUT2D eigenvalue weighted by molar-refractivity contribution is 0.704. The average molecular weight is 292 g/mol. The van der Waals surface area contributed by atoms with Crippen LogP contribution in [0.2, 0.25) is 0 Å². The first-order valence-electron chi connectivity index (χ1n) is 7.86. The minimum Gasteiger partial charge on any atom is -0.381 e. The van der Waals surface area contributed by atoms with E-state index in [2.05, 4.69) is 46.7 Å². The number of nitrogens with zero attached hydrogens (tertiary/aromatic N) is 3. The van der Waals surface area contributed by atoms with Gasteiger partial charge in [-0.2, -0.15) is 5.10 Å². The average Bonchev–Trinajstić information content (AvgIpc) is 3.00. The first-order valence-corrected chi connectivity index (χ1v) is 7.86. The van der Waals surface area contributed by atoms with E-state index in [0.717, 1.165) is 19.4 Å². The quantitative estimate of drug-likeness (QED) is 0.904. The molecule has 22 heavy (non-hydrogen) atoms. The maximum Gasteiger partial charge on any atom is 0.0624 e. The number of hydrogen-bond acceptors (Lipinski definition) is 3. The Kier molecular flexibility index (Phi) is 3.10. The Morgan fingerprint density at radius 2 is 2.18 bits per heavy atom. The van der Waals surface area contributed by atoms with Gasteiger partial charge in [0, 0.05) is 42.4 Å². The highest BCUT2D eigenvalue weighted by molar-refractivity contribution is 5.74. The van der Waals surface area contributed by atoms with Gasteiger partial charge >= 0.3 is 0 Å². The molecular formula is C18H20N4. The van der Waals surface area contributed by atoms with Crippen LogP contribution in [0.3, 0.4) is 0 Å². The molecule has 2 aromatic rings. The second kappa shape index (κ2) is 5.13. The largest absolute Gasteiger partial charge is 0.381 e. The minimum absolute atomic E-state index is 0.407. The highest BCUT2D eigenvalue weighted by Gasteiger charge is 2.22. The number of aryl methyl sites for hydroxylation is 1. The third kappa shape index (κ3) is 2.06. The third-order valence-corrected chi connectivity index (χ3v) is 4.58. The van der Waals surface area contributed by atoms with Crippen LogP contribution in [-0.4, -0.2) is 28.6 Å². The van der Waals surface area contributed by atoms with Crippen LogP contribution < -0.4 is 15.8 Å². The zero-order valence-electron chi connectivity index (χ0n) is 13.0. The third-order valence-electron chi connectivity index (χ3n) is 4.58. The van der Waals surface area contributed by atoms with Crippen LogP contribution in [0.5, 0.6) is 0 Å². The van der Waals surface area contributed by atoms with E-state index in [4.69, 9.17) is 0 Å². The topological polar surface area (TPSA) is 42.2 Å². The van der Waals surface area contributed by atoms with Gasteiger partial charge in [0.25, 0.3) is 0 Å². The van der Waals surface area contributed by atoms with Gasteiger partial charge in [0.1, 0.15) is 0 Å². The van der Waals surface area contributed by atoms with E-state index in [1.807, 2.05) is 24.1 Å². The first kappa shape index (κ1) is 13.3. The van der Waals surface area contributed by atoms with E-state index in [9.17, 15) is 0 Å². The number of nitrogens with one attached hydrogen (secondary N) is 1. The summed E-state index contributed by atoms with van der Waals surface area (Å²) < 4.78 is 1.85. The molecule has 112 valence electrons. The highest BCUT2D eigenvalue weighted by Crippen LogP contribution is 2.19. The molecule has 0 saturated heterocycles. The second-order valence-corrected chi connectivity index (χ2v) is 5.98. The van der Waals surface area contributed by atoms with E-state index in [-0.39, 0.29) is 0 Å². The standard InChI is InChI=1S/C18H20N4/c1-3-17-14-5-4-12(13-9-20-22(2)11-13)8-15(14)16-10-19-7-6-18(16)21-17/h4-5,7-9,11,18,21H,3,6,10H2,1-2H3. The summed E-state index contributed by atoms with van der Waals surface area (Å²) in [5, 5.41) is 10.7. The van der Waals surface area contributed by atoms with Crippen LogP contribution in [0, 0.1) is 0 Å². The van der Waals surface area contributed by atoms with Crippen molar-refractivity contribution in [2.75, 3.05) is 6.54 Å². The van der Waals surface area contributed by atoms with Crippen molar-refractivity contribution in [3.63, 3.8) is 0 Å². The summed E-state index contributed by atoms with van der Waals surface area (Å²) in [7, 11) is 1.95.